The van der Waals surface area contributed by atoms with Crippen molar-refractivity contribution >= 4 is 17.6 Å². The van der Waals surface area contributed by atoms with Gasteiger partial charge in [-0.15, -0.1) is 0 Å². The molecule has 0 fully saturated rings. The third kappa shape index (κ3) is 6.01. The fourth-order valence-corrected chi connectivity index (χ4v) is 0.292. The Kier molecular flexibility index (Phi) is 6.02. The summed E-state index contributed by atoms with van der Waals surface area (Å²) in [7, 11) is 0. The summed E-state index contributed by atoms with van der Waals surface area (Å²) in [6, 6.07) is 0. The van der Waals surface area contributed by atoms with Crippen LogP contribution in [-0.4, -0.2) is 30.3 Å². The van der Waals surface area contributed by atoms with Crippen LogP contribution in [0, 0.1) is 0 Å². The van der Waals surface area contributed by atoms with Crippen molar-refractivity contribution in [1.82, 2.24) is 0 Å². The maximum Gasteiger partial charge on any atom is 0.0750 e. The van der Waals surface area contributed by atoms with E-state index in [0.717, 1.165) is 0 Å². The molecule has 0 radical (unpaired) electrons. The quantitative estimate of drug-likeness (QED) is 0.418. The van der Waals surface area contributed by atoms with E-state index in [9.17, 15) is 0 Å². The molecular weight excluding hydrogens is 112 g/mol. The SMILES string of the molecule is OCCOCC=S. The zero-order valence-corrected chi connectivity index (χ0v) is 4.78. The van der Waals surface area contributed by atoms with Gasteiger partial charge in [0.2, 0.25) is 0 Å². The highest BCUT2D eigenvalue weighted by Gasteiger charge is 1.76. The average molecular weight is 120 g/mol. The third-order valence-corrected chi connectivity index (χ3v) is 0.558. The Morgan fingerprint density at radius 3 is 2.86 bits per heavy atom. The van der Waals surface area contributed by atoms with E-state index in [1.165, 1.54) is 5.37 Å². The summed E-state index contributed by atoms with van der Waals surface area (Å²) in [5, 5.41) is 9.60. The average Bonchev–Trinajstić information content (AvgIpc) is 1.69. The predicted molar refractivity (Wildman–Crippen MR) is 31.6 cm³/mol. The normalized spacial score (nSPS) is 8.71. The number of thiocarbonyl (C=S) groups is 1. The van der Waals surface area contributed by atoms with Crippen LogP contribution < -0.4 is 0 Å². The molecule has 1 N–H and O–H groups in total. The van der Waals surface area contributed by atoms with Crippen LogP contribution in [0.3, 0.4) is 0 Å². The van der Waals surface area contributed by atoms with Crippen LogP contribution in [0.4, 0.5) is 0 Å². The minimum Gasteiger partial charge on any atom is -0.394 e. The first-order valence-corrected chi connectivity index (χ1v) is 2.51. The lowest BCUT2D eigenvalue weighted by Gasteiger charge is -1.91. The molecule has 0 rings (SSSR count). The molecule has 0 heterocycles. The minimum absolute atomic E-state index is 0.0726. The molecule has 3 heteroatoms. The van der Waals surface area contributed by atoms with E-state index >= 15 is 0 Å². The number of rotatable bonds is 4. The molecule has 0 aliphatic rings. The Morgan fingerprint density at radius 1 is 1.71 bits per heavy atom. The number of ether oxygens (including phenoxy) is 1. The van der Waals surface area contributed by atoms with Gasteiger partial charge in [-0.2, -0.15) is 0 Å². The molecule has 0 aromatic rings. The van der Waals surface area contributed by atoms with Crippen molar-refractivity contribution in [3.8, 4) is 0 Å². The van der Waals surface area contributed by atoms with E-state index < -0.39 is 0 Å². The summed E-state index contributed by atoms with van der Waals surface area (Å²) in [5.41, 5.74) is 0. The van der Waals surface area contributed by atoms with E-state index in [4.69, 9.17) is 9.84 Å². The number of aliphatic hydroxyl groups is 1. The molecule has 2 nitrogen and oxygen atoms in total. The lowest BCUT2D eigenvalue weighted by Crippen LogP contribution is -1.99. The predicted octanol–water partition coefficient (Wildman–Crippen LogP) is -0.00500. The van der Waals surface area contributed by atoms with Gasteiger partial charge in [0.15, 0.2) is 0 Å². The largest absolute Gasteiger partial charge is 0.394 e. The molecule has 0 unspecified atom stereocenters. The van der Waals surface area contributed by atoms with Gasteiger partial charge in [0, 0.05) is 5.37 Å². The Bertz CT molecular complexity index is 47.0. The van der Waals surface area contributed by atoms with Crippen LogP contribution in [0.25, 0.3) is 0 Å². The Labute approximate surface area is 48.1 Å². The van der Waals surface area contributed by atoms with Gasteiger partial charge in [0.1, 0.15) is 0 Å². The second-order valence-electron chi connectivity index (χ2n) is 0.965. The Balaban J connectivity index is 2.56. The van der Waals surface area contributed by atoms with Gasteiger partial charge in [-0.05, 0) is 0 Å². The fraction of sp³-hybridized carbons (Fsp3) is 0.750. The molecular formula is C4H8O2S. The molecule has 0 spiro atoms. The van der Waals surface area contributed by atoms with Gasteiger partial charge in [-0.25, -0.2) is 0 Å². The summed E-state index contributed by atoms with van der Waals surface area (Å²) in [6.45, 7) is 0.909. The van der Waals surface area contributed by atoms with Crippen molar-refractivity contribution < 1.29 is 9.84 Å². The van der Waals surface area contributed by atoms with E-state index in [-0.39, 0.29) is 6.61 Å². The summed E-state index contributed by atoms with van der Waals surface area (Å²) in [5.74, 6) is 0. The van der Waals surface area contributed by atoms with E-state index in [2.05, 4.69) is 12.2 Å². The van der Waals surface area contributed by atoms with Gasteiger partial charge < -0.3 is 9.84 Å². The van der Waals surface area contributed by atoms with Crippen molar-refractivity contribution in [2.75, 3.05) is 19.8 Å². The summed E-state index contributed by atoms with van der Waals surface area (Å²) < 4.78 is 4.72. The molecule has 0 bridgehead atoms. The van der Waals surface area contributed by atoms with Gasteiger partial charge in [0.05, 0.1) is 19.8 Å². The topological polar surface area (TPSA) is 29.5 Å². The van der Waals surface area contributed by atoms with E-state index in [1.54, 1.807) is 0 Å². The highest BCUT2D eigenvalue weighted by molar-refractivity contribution is 7.79. The number of aliphatic hydroxyl groups excluding tert-OH is 1. The van der Waals surface area contributed by atoms with Crippen LogP contribution in [0.2, 0.25) is 0 Å². The van der Waals surface area contributed by atoms with Gasteiger partial charge in [0.25, 0.3) is 0 Å². The van der Waals surface area contributed by atoms with Crippen LogP contribution in [0.5, 0.6) is 0 Å². The molecule has 0 atom stereocenters. The molecule has 0 saturated heterocycles. The highest BCUT2D eigenvalue weighted by atomic mass is 32.1. The number of hydrogen-bond donors (Lipinski definition) is 1. The molecule has 0 aliphatic carbocycles. The molecule has 0 amide bonds. The molecule has 0 saturated carbocycles. The van der Waals surface area contributed by atoms with Crippen molar-refractivity contribution in [3.63, 3.8) is 0 Å². The van der Waals surface area contributed by atoms with Gasteiger partial charge in [-0.1, -0.05) is 12.2 Å². The van der Waals surface area contributed by atoms with Crippen LogP contribution in [-0.2, 0) is 4.74 Å². The first-order chi connectivity index (χ1) is 3.41. The first kappa shape index (κ1) is 7.01. The third-order valence-electron chi connectivity index (χ3n) is 0.422. The maximum absolute atomic E-state index is 8.12. The Hall–Kier alpha value is 0.01000. The van der Waals surface area contributed by atoms with Gasteiger partial charge in [-0.3, -0.25) is 0 Å². The number of hydrogen-bond acceptors (Lipinski definition) is 3. The van der Waals surface area contributed by atoms with Gasteiger partial charge >= 0.3 is 0 Å². The fourth-order valence-electron chi connectivity index (χ4n) is 0.196. The first-order valence-electron chi connectivity index (χ1n) is 2.04. The van der Waals surface area contributed by atoms with Crippen molar-refractivity contribution in [3.05, 3.63) is 0 Å². The zero-order chi connectivity index (χ0) is 5.54. The standard InChI is InChI=1S/C4H8O2S/c5-1-2-6-3-4-7/h4-5H,1-3H2. The lowest BCUT2D eigenvalue weighted by molar-refractivity contribution is 0.120. The van der Waals surface area contributed by atoms with Crippen molar-refractivity contribution in [2.45, 2.75) is 0 Å². The monoisotopic (exact) mass is 120 g/mol. The van der Waals surface area contributed by atoms with Crippen LogP contribution in [0.15, 0.2) is 0 Å². The Morgan fingerprint density at radius 2 is 2.43 bits per heavy atom. The smallest absolute Gasteiger partial charge is 0.0750 e. The van der Waals surface area contributed by atoms with E-state index in [0.29, 0.717) is 13.2 Å². The molecule has 42 valence electrons. The molecule has 7 heavy (non-hydrogen) atoms. The van der Waals surface area contributed by atoms with Crippen LogP contribution >= 0.6 is 12.2 Å². The summed E-state index contributed by atoms with van der Waals surface area (Å²) in [4.78, 5) is 0. The second kappa shape index (κ2) is 6.01. The van der Waals surface area contributed by atoms with Crippen LogP contribution in [0.1, 0.15) is 0 Å². The molecule has 0 aromatic carbocycles. The van der Waals surface area contributed by atoms with Crippen molar-refractivity contribution in [2.24, 2.45) is 0 Å². The van der Waals surface area contributed by atoms with E-state index in [1.807, 2.05) is 0 Å². The lowest BCUT2D eigenvalue weighted by atomic mass is 10.7. The molecule has 0 aliphatic heterocycles. The summed E-state index contributed by atoms with van der Waals surface area (Å²) in [6.07, 6.45) is 0. The second-order valence-corrected chi connectivity index (χ2v) is 1.30. The zero-order valence-electron chi connectivity index (χ0n) is 3.96. The summed E-state index contributed by atoms with van der Waals surface area (Å²) >= 11 is 4.43. The maximum atomic E-state index is 8.12. The van der Waals surface area contributed by atoms with Crippen molar-refractivity contribution in [1.29, 1.82) is 0 Å². The highest BCUT2D eigenvalue weighted by Crippen LogP contribution is 1.67. The minimum atomic E-state index is 0.0726. The molecule has 0 aromatic heterocycles.